The Morgan fingerprint density at radius 2 is 1.56 bits per heavy atom. The fourth-order valence-electron chi connectivity index (χ4n) is 3.13. The van der Waals surface area contributed by atoms with Gasteiger partial charge in [0, 0.05) is 17.6 Å². The number of rotatable bonds is 4. The molecule has 1 aliphatic heterocycles. The maximum Gasteiger partial charge on any atom is 0.342 e. The molecule has 2 aromatic carbocycles. The van der Waals surface area contributed by atoms with Gasteiger partial charge in [0.05, 0.1) is 11.8 Å². The van der Waals surface area contributed by atoms with E-state index in [2.05, 4.69) is 0 Å². The number of hydrogen-bond acceptors (Lipinski definition) is 4. The van der Waals surface area contributed by atoms with Gasteiger partial charge in [-0.15, -0.1) is 0 Å². The Bertz CT molecular complexity index is 911. The predicted molar refractivity (Wildman–Crippen MR) is 92.2 cm³/mol. The first-order valence-corrected chi connectivity index (χ1v) is 8.01. The van der Waals surface area contributed by atoms with Gasteiger partial charge in [-0.05, 0) is 17.7 Å². The van der Waals surface area contributed by atoms with Crippen LogP contribution in [0.2, 0.25) is 0 Å². The lowest BCUT2D eigenvalue weighted by atomic mass is 9.89. The second-order valence-corrected chi connectivity index (χ2v) is 5.88. The number of carbonyl (C=O) groups excluding carboxylic acids is 1. The number of hydrogen-bond donors (Lipinski definition) is 1. The van der Waals surface area contributed by atoms with E-state index >= 15 is 0 Å². The van der Waals surface area contributed by atoms with Crippen LogP contribution in [0.15, 0.2) is 89.0 Å². The van der Waals surface area contributed by atoms with Gasteiger partial charge in [0.2, 0.25) is 0 Å². The van der Waals surface area contributed by atoms with Crippen molar-refractivity contribution in [1.82, 2.24) is 0 Å². The van der Waals surface area contributed by atoms with E-state index in [1.165, 1.54) is 0 Å². The summed E-state index contributed by atoms with van der Waals surface area (Å²) in [7, 11) is 0. The second-order valence-electron chi connectivity index (χ2n) is 5.88. The molecule has 25 heavy (non-hydrogen) atoms. The first-order chi connectivity index (χ1) is 12.2. The topological polar surface area (TPSA) is 59.7 Å². The van der Waals surface area contributed by atoms with Crippen LogP contribution in [0.25, 0.3) is 5.57 Å². The van der Waals surface area contributed by atoms with Crippen LogP contribution in [0, 0.1) is 0 Å². The first-order valence-electron chi connectivity index (χ1n) is 8.01. The van der Waals surface area contributed by atoms with Crippen molar-refractivity contribution < 1.29 is 19.1 Å². The van der Waals surface area contributed by atoms with Gasteiger partial charge in [-0.3, -0.25) is 0 Å². The predicted octanol–water partition coefficient (Wildman–Crippen LogP) is 3.68. The lowest BCUT2D eigenvalue weighted by Crippen LogP contribution is -2.29. The summed E-state index contributed by atoms with van der Waals surface area (Å²) in [5.74, 6) is -1.70. The van der Waals surface area contributed by atoms with Gasteiger partial charge in [0.15, 0.2) is 0 Å². The molecule has 1 aliphatic rings. The fourth-order valence-corrected chi connectivity index (χ4v) is 3.13. The number of cyclic esters (lactones) is 1. The van der Waals surface area contributed by atoms with E-state index in [0.29, 0.717) is 28.0 Å². The molecule has 0 radical (unpaired) electrons. The summed E-state index contributed by atoms with van der Waals surface area (Å²) in [6.45, 7) is 0. The quantitative estimate of drug-likeness (QED) is 0.741. The van der Waals surface area contributed by atoms with Crippen LogP contribution in [-0.2, 0) is 21.7 Å². The van der Waals surface area contributed by atoms with Crippen molar-refractivity contribution in [3.8, 4) is 0 Å². The van der Waals surface area contributed by atoms with Crippen LogP contribution in [0.5, 0.6) is 0 Å². The van der Waals surface area contributed by atoms with E-state index in [0.717, 1.165) is 0 Å². The van der Waals surface area contributed by atoms with Gasteiger partial charge < -0.3 is 14.3 Å². The van der Waals surface area contributed by atoms with Gasteiger partial charge in [0.25, 0.3) is 5.79 Å². The number of carbonyl (C=O) groups is 1. The van der Waals surface area contributed by atoms with Crippen LogP contribution in [-0.4, -0.2) is 11.1 Å². The SMILES string of the molecule is O=C1O[C@@](O)(c2ccccc2)C(Cc2ccco2)=C1c1ccccc1. The highest BCUT2D eigenvalue weighted by atomic mass is 16.7. The molecule has 4 heteroatoms. The molecule has 1 aromatic heterocycles. The Morgan fingerprint density at radius 3 is 2.20 bits per heavy atom. The molecule has 1 atom stereocenters. The first kappa shape index (κ1) is 15.4. The van der Waals surface area contributed by atoms with Crippen molar-refractivity contribution in [3.63, 3.8) is 0 Å². The molecule has 1 N–H and O–H groups in total. The number of aliphatic hydroxyl groups is 1. The smallest absolute Gasteiger partial charge is 0.342 e. The minimum absolute atomic E-state index is 0.272. The lowest BCUT2D eigenvalue weighted by Gasteiger charge is -2.25. The van der Waals surface area contributed by atoms with Crippen LogP contribution >= 0.6 is 0 Å². The molecule has 4 nitrogen and oxygen atoms in total. The Balaban J connectivity index is 1.91. The molecule has 124 valence electrons. The molecular formula is C21H16O4. The van der Waals surface area contributed by atoms with E-state index in [1.54, 1.807) is 36.6 Å². The highest BCUT2D eigenvalue weighted by Crippen LogP contribution is 2.44. The molecule has 0 amide bonds. The van der Waals surface area contributed by atoms with Gasteiger partial charge in [-0.2, -0.15) is 0 Å². The highest BCUT2D eigenvalue weighted by Gasteiger charge is 2.48. The summed E-state index contributed by atoms with van der Waals surface area (Å²) >= 11 is 0. The summed E-state index contributed by atoms with van der Waals surface area (Å²) in [5, 5.41) is 11.3. The molecule has 0 spiro atoms. The minimum Gasteiger partial charge on any atom is -0.469 e. The number of benzene rings is 2. The standard InChI is InChI=1S/C21H16O4/c22-20-19(15-8-3-1-4-9-15)18(14-17-12-7-13-24-17)21(23,25-20)16-10-5-2-6-11-16/h1-13,23H,14H2/t21-/m0/s1. The molecule has 3 aromatic rings. The summed E-state index contributed by atoms with van der Waals surface area (Å²) in [6.07, 6.45) is 1.84. The average molecular weight is 332 g/mol. The second kappa shape index (κ2) is 6.07. The summed E-state index contributed by atoms with van der Waals surface area (Å²) < 4.78 is 10.9. The van der Waals surface area contributed by atoms with Gasteiger partial charge in [-0.1, -0.05) is 60.7 Å². The van der Waals surface area contributed by atoms with E-state index < -0.39 is 11.8 Å². The molecule has 0 saturated heterocycles. The maximum atomic E-state index is 12.6. The summed E-state index contributed by atoms with van der Waals surface area (Å²) in [4.78, 5) is 12.6. The zero-order chi connectivity index (χ0) is 17.3. The number of furan rings is 1. The molecule has 0 saturated carbocycles. The number of ether oxygens (including phenoxy) is 1. The molecule has 0 fully saturated rings. The highest BCUT2D eigenvalue weighted by molar-refractivity contribution is 6.20. The lowest BCUT2D eigenvalue weighted by molar-refractivity contribution is -0.185. The van der Waals surface area contributed by atoms with Crippen LogP contribution in [0.1, 0.15) is 16.9 Å². The van der Waals surface area contributed by atoms with Gasteiger partial charge in [0.1, 0.15) is 5.76 Å². The summed E-state index contributed by atoms with van der Waals surface area (Å²) in [6, 6.07) is 21.7. The molecule has 0 bridgehead atoms. The Morgan fingerprint density at radius 1 is 0.880 bits per heavy atom. The molecular weight excluding hydrogens is 316 g/mol. The summed E-state index contributed by atoms with van der Waals surface area (Å²) in [5.41, 5.74) is 2.07. The van der Waals surface area contributed by atoms with Crippen molar-refractivity contribution in [2.75, 3.05) is 0 Å². The average Bonchev–Trinajstić information content (AvgIpc) is 3.24. The van der Waals surface area contributed by atoms with E-state index in [9.17, 15) is 9.90 Å². The third-order valence-corrected chi connectivity index (χ3v) is 4.31. The third kappa shape index (κ3) is 2.66. The molecule has 2 heterocycles. The van der Waals surface area contributed by atoms with Crippen molar-refractivity contribution >= 4 is 11.5 Å². The Kier molecular flexibility index (Phi) is 3.75. The van der Waals surface area contributed by atoms with Crippen LogP contribution in [0.4, 0.5) is 0 Å². The Labute approximate surface area is 145 Å². The van der Waals surface area contributed by atoms with Crippen molar-refractivity contribution in [1.29, 1.82) is 0 Å². The number of esters is 1. The maximum absolute atomic E-state index is 12.6. The zero-order valence-electron chi connectivity index (χ0n) is 13.4. The molecule has 0 aliphatic carbocycles. The van der Waals surface area contributed by atoms with E-state index in [1.807, 2.05) is 42.5 Å². The van der Waals surface area contributed by atoms with Crippen LogP contribution < -0.4 is 0 Å². The largest absolute Gasteiger partial charge is 0.469 e. The minimum atomic E-state index is -1.81. The van der Waals surface area contributed by atoms with Crippen molar-refractivity contribution in [2.24, 2.45) is 0 Å². The van der Waals surface area contributed by atoms with E-state index in [4.69, 9.17) is 9.15 Å². The molecule has 0 unspecified atom stereocenters. The van der Waals surface area contributed by atoms with E-state index in [-0.39, 0.29) is 6.42 Å². The van der Waals surface area contributed by atoms with Gasteiger partial charge >= 0.3 is 5.97 Å². The van der Waals surface area contributed by atoms with Gasteiger partial charge in [-0.25, -0.2) is 4.79 Å². The fraction of sp³-hybridized carbons (Fsp3) is 0.0952. The molecule has 4 rings (SSSR count). The van der Waals surface area contributed by atoms with Crippen LogP contribution in [0.3, 0.4) is 0 Å². The third-order valence-electron chi connectivity index (χ3n) is 4.31. The monoisotopic (exact) mass is 332 g/mol. The zero-order valence-corrected chi connectivity index (χ0v) is 13.4. The van der Waals surface area contributed by atoms with Crippen molar-refractivity contribution in [3.05, 3.63) is 102 Å². The normalized spacial score (nSPS) is 20.0. The van der Waals surface area contributed by atoms with Crippen molar-refractivity contribution in [2.45, 2.75) is 12.2 Å². The Hall–Kier alpha value is -3.11.